The Bertz CT molecular complexity index is 817. The summed E-state index contributed by atoms with van der Waals surface area (Å²) in [4.78, 5) is 13.2. The van der Waals surface area contributed by atoms with Crippen LogP contribution in [0.3, 0.4) is 0 Å². The summed E-state index contributed by atoms with van der Waals surface area (Å²) >= 11 is 6.32. The Kier molecular flexibility index (Phi) is 10.8. The third-order valence-electron chi connectivity index (χ3n) is 3.82. The summed E-state index contributed by atoms with van der Waals surface area (Å²) in [7, 11) is -0.191. The van der Waals surface area contributed by atoms with Crippen LogP contribution < -0.4 is 19.5 Å². The first-order valence-corrected chi connectivity index (χ1v) is 11.2. The second-order valence-corrected chi connectivity index (χ2v) is 9.29. The first kappa shape index (κ1) is 26.9. The minimum absolute atomic E-state index is 0. The largest absolute Gasteiger partial charge is 0.491 e. The summed E-state index contributed by atoms with van der Waals surface area (Å²) < 4.78 is 18.0. The minimum atomic E-state index is -0.191. The quantitative estimate of drug-likeness (QED) is 0.364. The van der Waals surface area contributed by atoms with Gasteiger partial charge in [-0.15, -0.1) is 0 Å². The van der Waals surface area contributed by atoms with E-state index in [1.165, 1.54) is 0 Å². The molecular weight excluding hydrogens is 414 g/mol. The molecule has 0 saturated carbocycles. The van der Waals surface area contributed by atoms with E-state index in [1.54, 1.807) is 6.07 Å². The number of halogens is 1. The molecule has 2 rings (SSSR count). The van der Waals surface area contributed by atoms with Crippen LogP contribution in [-0.4, -0.2) is 42.7 Å². The van der Waals surface area contributed by atoms with Crippen molar-refractivity contribution < 1.29 is 19.0 Å². The summed E-state index contributed by atoms with van der Waals surface area (Å²) in [6.07, 6.45) is -0.108. The summed E-state index contributed by atoms with van der Waals surface area (Å²) in [5, 5.41) is 1.19. The number of carbonyl (C=O) groups excluding carboxylic acids is 1. The minimum Gasteiger partial charge on any atom is -0.491 e. The predicted octanol–water partition coefficient (Wildman–Crippen LogP) is 5.77. The maximum atomic E-state index is 13.2. The number of hydrogen-bond donors (Lipinski definition) is 0. The molecule has 159 valence electrons. The van der Waals surface area contributed by atoms with Gasteiger partial charge in [0.1, 0.15) is 17.2 Å². The molecule has 30 heavy (non-hydrogen) atoms. The van der Waals surface area contributed by atoms with Crippen molar-refractivity contribution in [3.8, 4) is 17.2 Å². The van der Waals surface area contributed by atoms with E-state index < -0.39 is 0 Å². The standard InChI is InChI=1S/C23H30ClO4P.Li/c1-13(2)26-17-11-19(27-14(3)4)22(20(12-17)28-15(5)6)29-23(25)21-16(7)9-8-10-18(21)24;/h8-15,29H,1-7H3;. The molecule has 1 radical (unpaired) electrons. The number of ether oxygens (including phenoxy) is 3. The van der Waals surface area contributed by atoms with E-state index in [2.05, 4.69) is 0 Å². The second-order valence-electron chi connectivity index (χ2n) is 7.68. The first-order chi connectivity index (χ1) is 13.6. The molecule has 0 fully saturated rings. The third kappa shape index (κ3) is 7.51. The topological polar surface area (TPSA) is 44.8 Å². The molecule has 0 aliphatic heterocycles. The summed E-state index contributed by atoms with van der Waals surface area (Å²) in [5.41, 5.74) is 1.35. The fraction of sp³-hybridized carbons (Fsp3) is 0.435. The van der Waals surface area contributed by atoms with Gasteiger partial charge in [-0.2, -0.15) is 0 Å². The molecule has 1 atom stereocenters. The molecule has 7 heteroatoms. The van der Waals surface area contributed by atoms with Crippen LogP contribution in [0.4, 0.5) is 0 Å². The zero-order valence-electron chi connectivity index (χ0n) is 19.1. The first-order valence-electron chi connectivity index (χ1n) is 9.83. The van der Waals surface area contributed by atoms with Crippen molar-refractivity contribution >= 4 is 49.9 Å². The van der Waals surface area contributed by atoms with E-state index in [1.807, 2.05) is 72.7 Å². The number of benzene rings is 2. The van der Waals surface area contributed by atoms with Crippen molar-refractivity contribution in [2.45, 2.75) is 66.8 Å². The maximum Gasteiger partial charge on any atom is 0.187 e. The number of carbonyl (C=O) groups is 1. The van der Waals surface area contributed by atoms with Crippen molar-refractivity contribution in [3.05, 3.63) is 46.5 Å². The van der Waals surface area contributed by atoms with Gasteiger partial charge in [0.25, 0.3) is 0 Å². The van der Waals surface area contributed by atoms with Crippen molar-refractivity contribution in [2.24, 2.45) is 0 Å². The Labute approximate surface area is 199 Å². The van der Waals surface area contributed by atoms with Gasteiger partial charge in [-0.3, -0.25) is 4.79 Å². The molecule has 2 aromatic carbocycles. The van der Waals surface area contributed by atoms with Crippen molar-refractivity contribution in [3.63, 3.8) is 0 Å². The number of rotatable bonds is 9. The SMILES string of the molecule is Cc1cccc(Cl)c1C(=O)Pc1c(OC(C)C)cc(OC(C)C)cc1OC(C)C.[Li]. The number of hydrogen-bond acceptors (Lipinski definition) is 4. The predicted molar refractivity (Wildman–Crippen MR) is 128 cm³/mol. The monoisotopic (exact) mass is 443 g/mol. The smallest absolute Gasteiger partial charge is 0.187 e. The van der Waals surface area contributed by atoms with Crippen LogP contribution in [0.2, 0.25) is 5.02 Å². The maximum absolute atomic E-state index is 13.2. The molecule has 0 saturated heterocycles. The Balaban J connectivity index is 0.00000450. The molecular formula is C23H30ClLiO4P. The van der Waals surface area contributed by atoms with Crippen molar-refractivity contribution in [1.82, 2.24) is 0 Å². The van der Waals surface area contributed by atoms with Gasteiger partial charge in [-0.25, -0.2) is 0 Å². The molecule has 0 N–H and O–H groups in total. The van der Waals surface area contributed by atoms with Gasteiger partial charge in [0, 0.05) is 36.6 Å². The molecule has 0 heterocycles. The van der Waals surface area contributed by atoms with Gasteiger partial charge in [0.15, 0.2) is 5.52 Å². The van der Waals surface area contributed by atoms with E-state index in [9.17, 15) is 4.79 Å². The molecule has 4 nitrogen and oxygen atoms in total. The van der Waals surface area contributed by atoms with Gasteiger partial charge in [0.2, 0.25) is 0 Å². The van der Waals surface area contributed by atoms with Gasteiger partial charge in [-0.1, -0.05) is 23.7 Å². The molecule has 0 amide bonds. The fourth-order valence-electron chi connectivity index (χ4n) is 2.82. The average molecular weight is 444 g/mol. The Morgan fingerprint density at radius 3 is 1.83 bits per heavy atom. The van der Waals surface area contributed by atoms with Gasteiger partial charge in [0.05, 0.1) is 28.6 Å². The Morgan fingerprint density at radius 1 is 0.900 bits per heavy atom. The molecule has 0 aliphatic carbocycles. The third-order valence-corrected chi connectivity index (χ3v) is 5.36. The van der Waals surface area contributed by atoms with Crippen molar-refractivity contribution in [1.29, 1.82) is 0 Å². The molecule has 2 aromatic rings. The summed E-state index contributed by atoms with van der Waals surface area (Å²) in [6.45, 7) is 13.6. The van der Waals surface area contributed by atoms with E-state index >= 15 is 0 Å². The molecule has 1 unspecified atom stereocenters. The molecule has 0 aromatic heterocycles. The van der Waals surface area contributed by atoms with Crippen LogP contribution in [0.5, 0.6) is 17.2 Å². The van der Waals surface area contributed by atoms with Gasteiger partial charge >= 0.3 is 0 Å². The van der Waals surface area contributed by atoms with Gasteiger partial charge in [-0.05, 0) is 68.7 Å². The van der Waals surface area contributed by atoms with Crippen LogP contribution in [0.1, 0.15) is 57.5 Å². The zero-order valence-corrected chi connectivity index (χ0v) is 20.9. The normalized spacial score (nSPS) is 11.3. The van der Waals surface area contributed by atoms with Crippen LogP contribution in [0, 0.1) is 6.92 Å². The Morgan fingerprint density at radius 2 is 1.40 bits per heavy atom. The zero-order chi connectivity index (χ0) is 21.7. The van der Waals surface area contributed by atoms with Gasteiger partial charge < -0.3 is 14.2 Å². The van der Waals surface area contributed by atoms with Crippen LogP contribution >= 0.6 is 20.2 Å². The fourth-order valence-corrected chi connectivity index (χ4v) is 4.40. The molecule has 0 aliphatic rings. The summed E-state index contributed by atoms with van der Waals surface area (Å²) in [6, 6.07) is 9.14. The van der Waals surface area contributed by atoms with E-state index in [0.29, 0.717) is 27.8 Å². The molecule has 0 bridgehead atoms. The van der Waals surface area contributed by atoms with Crippen LogP contribution in [0.25, 0.3) is 0 Å². The van der Waals surface area contributed by atoms with E-state index in [0.717, 1.165) is 10.9 Å². The van der Waals surface area contributed by atoms with Crippen LogP contribution in [0.15, 0.2) is 30.3 Å². The molecule has 0 spiro atoms. The van der Waals surface area contributed by atoms with E-state index in [4.69, 9.17) is 25.8 Å². The Hall–Kier alpha value is -1.17. The number of aryl methyl sites for hydroxylation is 1. The second kappa shape index (κ2) is 12.0. The average Bonchev–Trinajstić information content (AvgIpc) is 2.56. The summed E-state index contributed by atoms with van der Waals surface area (Å²) in [5.74, 6) is 1.86. The van der Waals surface area contributed by atoms with E-state index in [-0.39, 0.29) is 51.3 Å². The van der Waals surface area contributed by atoms with Crippen molar-refractivity contribution in [2.75, 3.05) is 0 Å². The van der Waals surface area contributed by atoms with Crippen LogP contribution in [-0.2, 0) is 0 Å².